The van der Waals surface area contributed by atoms with Gasteiger partial charge in [0.05, 0.1) is 19.3 Å². The quantitative estimate of drug-likeness (QED) is 0.919. The van der Waals surface area contributed by atoms with E-state index in [0.29, 0.717) is 24.7 Å². The van der Waals surface area contributed by atoms with Crippen LogP contribution in [0.5, 0.6) is 0 Å². The molecule has 1 saturated heterocycles. The van der Waals surface area contributed by atoms with Gasteiger partial charge in [-0.15, -0.1) is 0 Å². The Bertz CT molecular complexity index is 612. The van der Waals surface area contributed by atoms with E-state index in [1.54, 1.807) is 25.4 Å². The zero-order valence-corrected chi connectivity index (χ0v) is 11.8. The lowest BCUT2D eigenvalue weighted by molar-refractivity contribution is 0.0916. The first kappa shape index (κ1) is 13.8. The number of rotatable bonds is 4. The Labute approximate surface area is 122 Å². The van der Waals surface area contributed by atoms with Crippen LogP contribution in [0.1, 0.15) is 21.8 Å². The predicted octanol–water partition coefficient (Wildman–Crippen LogP) is 1.37. The topological polar surface area (TPSA) is 77.2 Å². The monoisotopic (exact) mass is 287 g/mol. The highest BCUT2D eigenvalue weighted by Gasteiger charge is 2.30. The number of nitrogens with zero attached hydrogens (tertiary/aromatic N) is 2. The third-order valence-electron chi connectivity index (χ3n) is 3.62. The second-order valence-electron chi connectivity index (χ2n) is 5.26. The number of aromatic nitrogens is 2. The molecule has 6 nitrogen and oxygen atoms in total. The summed E-state index contributed by atoms with van der Waals surface area (Å²) in [5, 5.41) is 6.71. The first-order valence-corrected chi connectivity index (χ1v) is 6.93. The van der Waals surface area contributed by atoms with E-state index in [1.165, 1.54) is 5.56 Å². The summed E-state index contributed by atoms with van der Waals surface area (Å²) in [7, 11) is 0. The molecule has 0 saturated carbocycles. The third kappa shape index (κ3) is 3.28. The molecule has 2 aromatic rings. The summed E-state index contributed by atoms with van der Waals surface area (Å²) in [6.45, 7) is 2.93. The highest BCUT2D eigenvalue weighted by molar-refractivity contribution is 5.92. The average molecular weight is 287 g/mol. The zero-order chi connectivity index (χ0) is 14.7. The second kappa shape index (κ2) is 6.05. The van der Waals surface area contributed by atoms with Crippen LogP contribution in [0, 0.1) is 12.8 Å². The van der Waals surface area contributed by atoms with E-state index in [9.17, 15) is 4.79 Å². The van der Waals surface area contributed by atoms with Crippen molar-refractivity contribution in [1.29, 1.82) is 0 Å². The van der Waals surface area contributed by atoms with Gasteiger partial charge in [0.2, 0.25) is 0 Å². The molecule has 3 heterocycles. The number of amides is 1. The van der Waals surface area contributed by atoms with E-state index in [4.69, 9.17) is 9.26 Å². The summed E-state index contributed by atoms with van der Waals surface area (Å²) in [5.74, 6) is 0.655. The van der Waals surface area contributed by atoms with Crippen molar-refractivity contribution in [2.24, 2.45) is 5.92 Å². The van der Waals surface area contributed by atoms with Crippen LogP contribution >= 0.6 is 0 Å². The van der Waals surface area contributed by atoms with Gasteiger partial charge in [0, 0.05) is 24.4 Å². The van der Waals surface area contributed by atoms with Gasteiger partial charge in [0.15, 0.2) is 5.69 Å². The Morgan fingerprint density at radius 2 is 2.19 bits per heavy atom. The summed E-state index contributed by atoms with van der Waals surface area (Å²) in [6.07, 6.45) is 4.40. The molecule has 1 amide bonds. The number of pyridine rings is 1. The maximum Gasteiger partial charge on any atom is 0.273 e. The maximum absolute atomic E-state index is 12.1. The van der Waals surface area contributed by atoms with E-state index < -0.39 is 0 Å². The minimum atomic E-state index is -0.220. The van der Waals surface area contributed by atoms with Gasteiger partial charge in [0.25, 0.3) is 5.91 Å². The number of carbonyl (C=O) groups is 1. The summed E-state index contributed by atoms with van der Waals surface area (Å²) in [5.41, 5.74) is 1.50. The number of hydrogen-bond donors (Lipinski definition) is 1. The third-order valence-corrected chi connectivity index (χ3v) is 3.62. The lowest BCUT2D eigenvalue weighted by atomic mass is 9.95. The van der Waals surface area contributed by atoms with Crippen molar-refractivity contribution in [2.75, 3.05) is 13.2 Å². The molecule has 1 aliphatic heterocycles. The van der Waals surface area contributed by atoms with Gasteiger partial charge in [0.1, 0.15) is 5.76 Å². The van der Waals surface area contributed by atoms with Gasteiger partial charge < -0.3 is 14.6 Å². The van der Waals surface area contributed by atoms with Crippen LogP contribution in [0.2, 0.25) is 0 Å². The number of carbonyl (C=O) groups excluding carboxylic acids is 1. The maximum atomic E-state index is 12.1. The largest absolute Gasteiger partial charge is 0.379 e. The van der Waals surface area contributed by atoms with Crippen molar-refractivity contribution >= 4 is 5.91 Å². The minimum Gasteiger partial charge on any atom is -0.379 e. The van der Waals surface area contributed by atoms with Crippen molar-refractivity contribution in [3.8, 4) is 0 Å². The predicted molar refractivity (Wildman–Crippen MR) is 74.7 cm³/mol. The fourth-order valence-electron chi connectivity index (χ4n) is 2.50. The van der Waals surface area contributed by atoms with Crippen LogP contribution in [0.15, 0.2) is 35.1 Å². The van der Waals surface area contributed by atoms with E-state index in [-0.39, 0.29) is 17.9 Å². The average Bonchev–Trinajstić information content (AvgIpc) is 3.10. The van der Waals surface area contributed by atoms with Crippen LogP contribution in [0.25, 0.3) is 0 Å². The first-order valence-electron chi connectivity index (χ1n) is 6.93. The minimum absolute atomic E-state index is 0.0114. The molecule has 0 aliphatic carbocycles. The lowest BCUT2D eigenvalue weighted by Crippen LogP contribution is -2.40. The first-order chi connectivity index (χ1) is 10.2. The number of nitrogens with one attached hydrogen (secondary N) is 1. The van der Waals surface area contributed by atoms with Crippen LogP contribution in [0.3, 0.4) is 0 Å². The van der Waals surface area contributed by atoms with Crippen molar-refractivity contribution in [3.63, 3.8) is 0 Å². The Morgan fingerprint density at radius 3 is 2.90 bits per heavy atom. The van der Waals surface area contributed by atoms with Gasteiger partial charge in [-0.3, -0.25) is 9.78 Å². The van der Waals surface area contributed by atoms with Gasteiger partial charge in [-0.05, 0) is 31.0 Å². The highest BCUT2D eigenvalue weighted by Crippen LogP contribution is 2.19. The molecule has 2 aromatic heterocycles. The Hall–Kier alpha value is -2.21. The molecule has 0 bridgehead atoms. The van der Waals surface area contributed by atoms with Crippen LogP contribution < -0.4 is 5.32 Å². The second-order valence-corrected chi connectivity index (χ2v) is 5.26. The molecule has 3 rings (SSSR count). The standard InChI is InChI=1S/C15H17N3O3/c1-10-6-13(18-21-10)15(19)17-14-9-20-8-12(14)7-11-2-4-16-5-3-11/h2-6,12,14H,7-9H2,1H3,(H,17,19)/t12-,14-/m1/s1. The zero-order valence-electron chi connectivity index (χ0n) is 11.8. The van der Waals surface area contributed by atoms with Crippen molar-refractivity contribution < 1.29 is 14.1 Å². The molecular weight excluding hydrogens is 270 g/mol. The number of aryl methyl sites for hydroxylation is 1. The molecule has 1 N–H and O–H groups in total. The van der Waals surface area contributed by atoms with Gasteiger partial charge in [-0.25, -0.2) is 0 Å². The molecule has 1 fully saturated rings. The summed E-state index contributed by atoms with van der Waals surface area (Å²) < 4.78 is 10.4. The van der Waals surface area contributed by atoms with Crippen LogP contribution in [0.4, 0.5) is 0 Å². The Balaban J connectivity index is 1.63. The molecule has 2 atom stereocenters. The molecule has 1 aliphatic rings. The molecule has 0 radical (unpaired) electrons. The summed E-state index contributed by atoms with van der Waals surface area (Å²) >= 11 is 0. The molecular formula is C15H17N3O3. The van der Waals surface area contributed by atoms with E-state index in [1.807, 2.05) is 12.1 Å². The molecule has 110 valence electrons. The van der Waals surface area contributed by atoms with Gasteiger partial charge in [-0.2, -0.15) is 0 Å². The fourth-order valence-corrected chi connectivity index (χ4v) is 2.50. The number of ether oxygens (including phenoxy) is 1. The smallest absolute Gasteiger partial charge is 0.273 e. The molecule has 0 unspecified atom stereocenters. The Morgan fingerprint density at radius 1 is 1.38 bits per heavy atom. The van der Waals surface area contributed by atoms with Crippen molar-refractivity contribution in [2.45, 2.75) is 19.4 Å². The molecule has 0 aromatic carbocycles. The van der Waals surface area contributed by atoms with E-state index in [0.717, 1.165) is 6.42 Å². The number of hydrogen-bond acceptors (Lipinski definition) is 5. The fraction of sp³-hybridized carbons (Fsp3) is 0.400. The molecule has 0 spiro atoms. The van der Waals surface area contributed by atoms with Crippen LogP contribution in [-0.4, -0.2) is 35.3 Å². The highest BCUT2D eigenvalue weighted by atomic mass is 16.5. The van der Waals surface area contributed by atoms with Crippen molar-refractivity contribution in [1.82, 2.24) is 15.5 Å². The summed E-state index contributed by atoms with van der Waals surface area (Å²) in [6, 6.07) is 5.59. The van der Waals surface area contributed by atoms with Gasteiger partial charge in [-0.1, -0.05) is 5.16 Å². The van der Waals surface area contributed by atoms with Crippen LogP contribution in [-0.2, 0) is 11.2 Å². The molecule has 6 heteroatoms. The summed E-state index contributed by atoms with van der Waals surface area (Å²) in [4.78, 5) is 16.1. The lowest BCUT2D eigenvalue weighted by Gasteiger charge is -2.18. The molecule has 21 heavy (non-hydrogen) atoms. The Kier molecular flexibility index (Phi) is 3.96. The SMILES string of the molecule is Cc1cc(C(=O)N[C@@H]2COC[C@H]2Cc2ccncc2)no1. The van der Waals surface area contributed by atoms with E-state index >= 15 is 0 Å². The van der Waals surface area contributed by atoms with Crippen molar-refractivity contribution in [3.05, 3.63) is 47.6 Å². The normalized spacial score (nSPS) is 21.4. The van der Waals surface area contributed by atoms with Gasteiger partial charge >= 0.3 is 0 Å². The van der Waals surface area contributed by atoms with E-state index in [2.05, 4.69) is 15.5 Å².